The summed E-state index contributed by atoms with van der Waals surface area (Å²) in [5.41, 5.74) is -0.156. The van der Waals surface area contributed by atoms with Crippen molar-refractivity contribution in [1.82, 2.24) is 0 Å². The third-order valence-electron chi connectivity index (χ3n) is 5.36. The Hall–Kier alpha value is -3.66. The molecule has 1 aliphatic carbocycles. The van der Waals surface area contributed by atoms with Crippen LogP contribution in [0.3, 0.4) is 0 Å². The fourth-order valence-corrected chi connectivity index (χ4v) is 3.49. The topological polar surface area (TPSA) is 85.6 Å². The van der Waals surface area contributed by atoms with E-state index in [0.717, 1.165) is 13.2 Å². The molecule has 0 amide bonds. The third-order valence-corrected chi connectivity index (χ3v) is 5.36. The molecule has 1 saturated carbocycles. The van der Waals surface area contributed by atoms with Gasteiger partial charge >= 0.3 is 11.9 Å². The number of methoxy groups -OCH3 is 1. The first-order valence-corrected chi connectivity index (χ1v) is 9.66. The lowest BCUT2D eigenvalue weighted by Crippen LogP contribution is -2.14. The monoisotopic (exact) mass is 423 g/mol. The number of nitriles is 1. The Labute approximate surface area is 179 Å². The van der Waals surface area contributed by atoms with E-state index in [2.05, 4.69) is 4.74 Å². The quantitative estimate of drug-likeness (QED) is 0.466. The van der Waals surface area contributed by atoms with Crippen molar-refractivity contribution in [2.24, 2.45) is 17.3 Å². The van der Waals surface area contributed by atoms with E-state index < -0.39 is 41.1 Å². The van der Waals surface area contributed by atoms with Gasteiger partial charge in [0.2, 0.25) is 11.9 Å². The first-order chi connectivity index (χ1) is 14.8. The summed E-state index contributed by atoms with van der Waals surface area (Å²) in [5.74, 6) is -2.88. The van der Waals surface area contributed by atoms with Crippen LogP contribution in [-0.2, 0) is 19.1 Å². The average molecular weight is 423 g/mol. The molecule has 3 atom stereocenters. The first kappa shape index (κ1) is 22.0. The maximum absolute atomic E-state index is 13.9. The van der Waals surface area contributed by atoms with Gasteiger partial charge in [0.15, 0.2) is 0 Å². The molecule has 0 spiro atoms. The second-order valence-electron chi connectivity index (χ2n) is 7.76. The van der Waals surface area contributed by atoms with Gasteiger partial charge in [0.1, 0.15) is 17.6 Å². The summed E-state index contributed by atoms with van der Waals surface area (Å²) < 4.78 is 29.4. The summed E-state index contributed by atoms with van der Waals surface area (Å²) in [6, 6.07) is 17.8. The zero-order valence-electron chi connectivity index (χ0n) is 17.4. The lowest BCUT2D eigenvalue weighted by Gasteiger charge is -2.13. The Bertz CT molecular complexity index is 1040. The molecule has 0 unspecified atom stereocenters. The van der Waals surface area contributed by atoms with Crippen LogP contribution in [-0.4, -0.2) is 19.0 Å². The lowest BCUT2D eigenvalue weighted by atomic mass is 10.1. The number of carbonyl (C=O) groups excluding carboxylic acids is 2. The summed E-state index contributed by atoms with van der Waals surface area (Å²) in [6.07, 6.45) is -0.0775. The zero-order valence-corrected chi connectivity index (χ0v) is 17.4. The number of halogens is 1. The van der Waals surface area contributed by atoms with Crippen LogP contribution in [0, 0.1) is 28.6 Å². The smallest absolute Gasteiger partial charge is 0.366 e. The Morgan fingerprint density at radius 3 is 2.45 bits per heavy atom. The van der Waals surface area contributed by atoms with E-state index in [0.29, 0.717) is 17.1 Å². The van der Waals surface area contributed by atoms with E-state index in [1.165, 1.54) is 0 Å². The van der Waals surface area contributed by atoms with Crippen molar-refractivity contribution in [3.8, 4) is 17.6 Å². The van der Waals surface area contributed by atoms with Gasteiger partial charge in [0, 0.05) is 5.56 Å². The minimum atomic E-state index is -1.15. The number of hydrogen-bond acceptors (Lipinski definition) is 6. The maximum atomic E-state index is 13.9. The zero-order chi connectivity index (χ0) is 22.6. The van der Waals surface area contributed by atoms with E-state index in [1.54, 1.807) is 50.2 Å². The van der Waals surface area contributed by atoms with Gasteiger partial charge in [-0.2, -0.15) is 9.65 Å². The number of allylic oxidation sites excluding steroid dienone is 1. The van der Waals surface area contributed by atoms with Gasteiger partial charge in [-0.25, -0.2) is 4.79 Å². The molecule has 7 heteroatoms. The summed E-state index contributed by atoms with van der Waals surface area (Å²) in [6.45, 7) is 3.53. The highest BCUT2D eigenvalue weighted by Gasteiger charge is 2.62. The van der Waals surface area contributed by atoms with Crippen molar-refractivity contribution in [1.29, 1.82) is 5.26 Å². The molecule has 160 valence electrons. The van der Waals surface area contributed by atoms with Crippen LogP contribution in [0.15, 0.2) is 66.5 Å². The highest BCUT2D eigenvalue weighted by atomic mass is 19.1. The normalized spacial score (nSPS) is 20.2. The van der Waals surface area contributed by atoms with Crippen molar-refractivity contribution in [3.05, 3.63) is 72.1 Å². The van der Waals surface area contributed by atoms with Gasteiger partial charge in [-0.05, 0) is 41.7 Å². The summed E-state index contributed by atoms with van der Waals surface area (Å²) in [7, 11) is 1.08. The van der Waals surface area contributed by atoms with Gasteiger partial charge in [0.25, 0.3) is 0 Å². The molecule has 0 saturated heterocycles. The molecule has 0 bridgehead atoms. The van der Waals surface area contributed by atoms with Crippen molar-refractivity contribution in [3.63, 3.8) is 0 Å². The van der Waals surface area contributed by atoms with Crippen LogP contribution in [0.2, 0.25) is 0 Å². The summed E-state index contributed by atoms with van der Waals surface area (Å²) >= 11 is 0. The van der Waals surface area contributed by atoms with E-state index in [1.807, 2.05) is 24.3 Å². The van der Waals surface area contributed by atoms with Gasteiger partial charge < -0.3 is 14.2 Å². The highest BCUT2D eigenvalue weighted by Crippen LogP contribution is 2.60. The third kappa shape index (κ3) is 4.92. The number of benzene rings is 2. The highest BCUT2D eigenvalue weighted by molar-refractivity contribution is 5.86. The molecule has 0 aromatic heterocycles. The Morgan fingerprint density at radius 2 is 1.81 bits per heavy atom. The van der Waals surface area contributed by atoms with Crippen LogP contribution in [0.4, 0.5) is 4.39 Å². The molecule has 0 heterocycles. The molecular formula is C24H22FNO5. The molecule has 0 radical (unpaired) electrons. The van der Waals surface area contributed by atoms with Crippen LogP contribution in [0.25, 0.3) is 0 Å². The predicted molar refractivity (Wildman–Crippen MR) is 109 cm³/mol. The summed E-state index contributed by atoms with van der Waals surface area (Å²) in [5, 5.41) is 9.56. The molecule has 0 aliphatic heterocycles. The molecule has 0 N–H and O–H groups in total. The van der Waals surface area contributed by atoms with Crippen LogP contribution < -0.4 is 4.74 Å². The van der Waals surface area contributed by atoms with Crippen molar-refractivity contribution in [2.75, 3.05) is 7.11 Å². The number of esters is 2. The van der Waals surface area contributed by atoms with E-state index in [-0.39, 0.29) is 0 Å². The van der Waals surface area contributed by atoms with Crippen LogP contribution in [0.5, 0.6) is 11.5 Å². The largest absolute Gasteiger partial charge is 0.464 e. The second kappa shape index (κ2) is 9.00. The number of ether oxygens (including phenoxy) is 3. The molecular weight excluding hydrogens is 401 g/mol. The summed E-state index contributed by atoms with van der Waals surface area (Å²) in [4.78, 5) is 24.0. The molecule has 3 rings (SSSR count). The maximum Gasteiger partial charge on any atom is 0.366 e. The first-order valence-electron chi connectivity index (χ1n) is 9.66. The molecule has 1 fully saturated rings. The SMILES string of the molecule is COC(=O)/C(F)=C/[C@@H]1[C@@H](C(=O)O[C@H](C#N)c2cccc(Oc3ccccc3)c2)C1(C)C. The molecule has 1 aliphatic rings. The number of rotatable bonds is 7. The van der Waals surface area contributed by atoms with Gasteiger partial charge in [-0.15, -0.1) is 0 Å². The van der Waals surface area contributed by atoms with E-state index in [9.17, 15) is 19.2 Å². The Balaban J connectivity index is 1.71. The Kier molecular flexibility index (Phi) is 6.40. The fourth-order valence-electron chi connectivity index (χ4n) is 3.49. The number of carbonyl (C=O) groups is 2. The lowest BCUT2D eigenvalue weighted by molar-refractivity contribution is -0.149. The number of para-hydroxylation sites is 1. The molecule has 2 aromatic rings. The standard InChI is InChI=1S/C24H22FNO5/c1-24(2)18(13-19(25)22(27)29-3)21(24)23(28)31-20(14-26)15-8-7-11-17(12-15)30-16-9-5-4-6-10-16/h4-13,18,20-21H,1-3H3/b19-13-/t18-,20-,21+/m1/s1. The molecule has 31 heavy (non-hydrogen) atoms. The molecule has 6 nitrogen and oxygen atoms in total. The molecule has 2 aromatic carbocycles. The van der Waals surface area contributed by atoms with Crippen molar-refractivity contribution in [2.45, 2.75) is 20.0 Å². The van der Waals surface area contributed by atoms with Crippen molar-refractivity contribution < 1.29 is 28.2 Å². The Morgan fingerprint density at radius 1 is 1.13 bits per heavy atom. The van der Waals surface area contributed by atoms with E-state index in [4.69, 9.17) is 9.47 Å². The minimum absolute atomic E-state index is 0.454. The van der Waals surface area contributed by atoms with E-state index >= 15 is 0 Å². The van der Waals surface area contributed by atoms with Gasteiger partial charge in [0.05, 0.1) is 13.0 Å². The number of hydrogen-bond donors (Lipinski definition) is 0. The fraction of sp³-hybridized carbons (Fsp3) is 0.292. The van der Waals surface area contributed by atoms with Gasteiger partial charge in [-0.1, -0.05) is 44.2 Å². The minimum Gasteiger partial charge on any atom is -0.464 e. The van der Waals surface area contributed by atoms with Crippen LogP contribution in [0.1, 0.15) is 25.5 Å². The van der Waals surface area contributed by atoms with Crippen LogP contribution >= 0.6 is 0 Å². The van der Waals surface area contributed by atoms with Gasteiger partial charge in [-0.3, -0.25) is 4.79 Å². The van der Waals surface area contributed by atoms with Crippen molar-refractivity contribution >= 4 is 11.9 Å². The average Bonchev–Trinajstić information content (AvgIpc) is 3.31. The predicted octanol–water partition coefficient (Wildman–Crippen LogP) is 4.89. The number of nitrogens with zero attached hydrogens (tertiary/aromatic N) is 1. The second-order valence-corrected chi connectivity index (χ2v) is 7.76.